The number of sulfonamides is 1. The Balaban J connectivity index is 2.93. The van der Waals surface area contributed by atoms with E-state index >= 15 is 0 Å². The van der Waals surface area contributed by atoms with E-state index in [9.17, 15) is 8.42 Å². The molecule has 1 aromatic carbocycles. The van der Waals surface area contributed by atoms with Gasteiger partial charge < -0.3 is 10.8 Å². The number of rotatable bonds is 7. The van der Waals surface area contributed by atoms with E-state index in [-0.39, 0.29) is 11.5 Å². The molecule has 114 valence electrons. The van der Waals surface area contributed by atoms with Crippen LogP contribution in [0, 0.1) is 13.8 Å². The molecule has 3 N–H and O–H groups in total. The average Bonchev–Trinajstić information content (AvgIpc) is 2.38. The monoisotopic (exact) mass is 300 g/mol. The smallest absolute Gasteiger partial charge is 0.243 e. The fraction of sp³-hybridized carbons (Fsp3) is 0.571. The molecule has 0 aliphatic rings. The van der Waals surface area contributed by atoms with Crippen molar-refractivity contribution in [3.8, 4) is 0 Å². The Morgan fingerprint density at radius 2 is 1.85 bits per heavy atom. The summed E-state index contributed by atoms with van der Waals surface area (Å²) in [6, 6.07) is 3.29. The van der Waals surface area contributed by atoms with E-state index in [1.165, 1.54) is 10.4 Å². The highest BCUT2D eigenvalue weighted by Crippen LogP contribution is 2.25. The summed E-state index contributed by atoms with van der Waals surface area (Å²) in [4.78, 5) is 0.277. The Morgan fingerprint density at radius 3 is 2.45 bits per heavy atom. The molecule has 1 aromatic rings. The van der Waals surface area contributed by atoms with Gasteiger partial charge in [-0.2, -0.15) is 0 Å². The van der Waals surface area contributed by atoms with Crippen LogP contribution in [-0.2, 0) is 10.0 Å². The summed E-state index contributed by atoms with van der Waals surface area (Å²) in [5.41, 5.74) is 7.82. The molecule has 0 saturated carbocycles. The van der Waals surface area contributed by atoms with E-state index in [1.54, 1.807) is 20.0 Å². The minimum absolute atomic E-state index is 0.143. The van der Waals surface area contributed by atoms with Crippen molar-refractivity contribution in [2.24, 2.45) is 0 Å². The zero-order valence-electron chi connectivity index (χ0n) is 12.4. The highest BCUT2D eigenvalue weighted by molar-refractivity contribution is 7.89. The van der Waals surface area contributed by atoms with Crippen molar-refractivity contribution in [1.29, 1.82) is 0 Å². The molecule has 20 heavy (non-hydrogen) atoms. The number of hydrogen-bond donors (Lipinski definition) is 2. The largest absolute Gasteiger partial charge is 0.399 e. The van der Waals surface area contributed by atoms with Gasteiger partial charge in [0.05, 0.1) is 4.90 Å². The molecule has 0 unspecified atom stereocenters. The summed E-state index contributed by atoms with van der Waals surface area (Å²) < 4.78 is 26.4. The van der Waals surface area contributed by atoms with Gasteiger partial charge in [-0.05, 0) is 56.4 Å². The SMILES string of the molecule is Cc1cc(N)cc(S(=O)(=O)N(C)CCCCCO)c1C. The number of anilines is 1. The minimum Gasteiger partial charge on any atom is -0.399 e. The summed E-state index contributed by atoms with van der Waals surface area (Å²) in [5, 5.41) is 8.72. The lowest BCUT2D eigenvalue weighted by atomic mass is 10.1. The molecule has 0 radical (unpaired) electrons. The van der Waals surface area contributed by atoms with Gasteiger partial charge in [0, 0.05) is 25.9 Å². The van der Waals surface area contributed by atoms with Crippen molar-refractivity contribution in [3.63, 3.8) is 0 Å². The molecule has 5 nitrogen and oxygen atoms in total. The van der Waals surface area contributed by atoms with E-state index in [1.807, 2.05) is 6.92 Å². The second kappa shape index (κ2) is 7.06. The molecule has 1 rings (SSSR count). The lowest BCUT2D eigenvalue weighted by molar-refractivity contribution is 0.281. The van der Waals surface area contributed by atoms with Crippen molar-refractivity contribution < 1.29 is 13.5 Å². The highest BCUT2D eigenvalue weighted by atomic mass is 32.2. The molecular formula is C14H24N2O3S. The predicted molar refractivity (Wildman–Crippen MR) is 81.1 cm³/mol. The van der Waals surface area contributed by atoms with Gasteiger partial charge in [0.1, 0.15) is 0 Å². The van der Waals surface area contributed by atoms with Crippen molar-refractivity contribution in [3.05, 3.63) is 23.3 Å². The van der Waals surface area contributed by atoms with Gasteiger partial charge in [-0.1, -0.05) is 0 Å². The van der Waals surface area contributed by atoms with Crippen LogP contribution in [-0.4, -0.2) is 38.0 Å². The number of aliphatic hydroxyl groups is 1. The minimum atomic E-state index is -3.51. The maximum atomic E-state index is 12.5. The van der Waals surface area contributed by atoms with E-state index in [0.717, 1.165) is 24.0 Å². The normalized spacial score (nSPS) is 12.1. The number of benzene rings is 1. The van der Waals surface area contributed by atoms with Crippen molar-refractivity contribution in [1.82, 2.24) is 4.31 Å². The Morgan fingerprint density at radius 1 is 1.20 bits per heavy atom. The van der Waals surface area contributed by atoms with Crippen LogP contribution in [0.3, 0.4) is 0 Å². The van der Waals surface area contributed by atoms with Gasteiger partial charge in [-0.25, -0.2) is 12.7 Å². The van der Waals surface area contributed by atoms with Crippen molar-refractivity contribution in [2.75, 3.05) is 25.9 Å². The fourth-order valence-electron chi connectivity index (χ4n) is 2.03. The summed E-state index contributed by atoms with van der Waals surface area (Å²) in [6.07, 6.45) is 2.24. The summed E-state index contributed by atoms with van der Waals surface area (Å²) in [5.74, 6) is 0. The van der Waals surface area contributed by atoms with E-state index in [2.05, 4.69) is 0 Å². The van der Waals surface area contributed by atoms with Crippen LogP contribution in [0.1, 0.15) is 30.4 Å². The first-order chi connectivity index (χ1) is 9.30. The first kappa shape index (κ1) is 16.9. The molecule has 0 bridgehead atoms. The molecule has 0 saturated heterocycles. The van der Waals surface area contributed by atoms with Crippen LogP contribution >= 0.6 is 0 Å². The molecule has 0 spiro atoms. The fourth-order valence-corrected chi connectivity index (χ4v) is 3.57. The number of nitrogen functional groups attached to an aromatic ring is 1. The molecule has 0 aliphatic carbocycles. The number of aryl methyl sites for hydroxylation is 1. The maximum Gasteiger partial charge on any atom is 0.243 e. The molecule has 0 amide bonds. The van der Waals surface area contributed by atoms with Gasteiger partial charge in [0.25, 0.3) is 0 Å². The van der Waals surface area contributed by atoms with E-state index in [0.29, 0.717) is 18.7 Å². The second-order valence-electron chi connectivity index (χ2n) is 5.07. The van der Waals surface area contributed by atoms with Gasteiger partial charge in [0.2, 0.25) is 10.0 Å². The average molecular weight is 300 g/mol. The number of aliphatic hydroxyl groups excluding tert-OH is 1. The number of unbranched alkanes of at least 4 members (excludes halogenated alkanes) is 2. The number of nitrogens with zero attached hydrogens (tertiary/aromatic N) is 1. The number of nitrogens with two attached hydrogens (primary N) is 1. The van der Waals surface area contributed by atoms with Crippen molar-refractivity contribution in [2.45, 2.75) is 38.0 Å². The third-order valence-corrected chi connectivity index (χ3v) is 5.44. The third-order valence-electron chi connectivity index (χ3n) is 3.46. The molecule has 6 heteroatoms. The van der Waals surface area contributed by atoms with Crippen molar-refractivity contribution >= 4 is 15.7 Å². The Kier molecular flexibility index (Phi) is 5.98. The van der Waals surface area contributed by atoms with Crippen LogP contribution < -0.4 is 5.73 Å². The molecule has 0 heterocycles. The quantitative estimate of drug-likeness (QED) is 0.592. The van der Waals surface area contributed by atoms with Gasteiger partial charge in [-0.15, -0.1) is 0 Å². The highest BCUT2D eigenvalue weighted by Gasteiger charge is 2.23. The van der Waals surface area contributed by atoms with Crippen LogP contribution in [0.25, 0.3) is 0 Å². The lowest BCUT2D eigenvalue weighted by Gasteiger charge is -2.19. The van der Waals surface area contributed by atoms with E-state index in [4.69, 9.17) is 10.8 Å². The topological polar surface area (TPSA) is 83.6 Å². The molecule has 0 fully saturated rings. The van der Waals surface area contributed by atoms with Crippen LogP contribution in [0.2, 0.25) is 0 Å². The zero-order chi connectivity index (χ0) is 15.3. The first-order valence-corrected chi connectivity index (χ1v) is 8.18. The van der Waals surface area contributed by atoms with Gasteiger partial charge >= 0.3 is 0 Å². The maximum absolute atomic E-state index is 12.5. The summed E-state index contributed by atoms with van der Waals surface area (Å²) >= 11 is 0. The first-order valence-electron chi connectivity index (χ1n) is 6.74. The molecular weight excluding hydrogens is 276 g/mol. The molecule has 0 aromatic heterocycles. The second-order valence-corrected chi connectivity index (χ2v) is 7.09. The predicted octanol–water partition coefficient (Wildman–Crippen LogP) is 1.67. The Labute approximate surface area is 121 Å². The number of hydrogen-bond acceptors (Lipinski definition) is 4. The zero-order valence-corrected chi connectivity index (χ0v) is 13.2. The van der Waals surface area contributed by atoms with Crippen LogP contribution in [0.15, 0.2) is 17.0 Å². The van der Waals surface area contributed by atoms with Gasteiger partial charge in [-0.3, -0.25) is 0 Å². The van der Waals surface area contributed by atoms with Gasteiger partial charge in [0.15, 0.2) is 0 Å². The Bertz CT molecular complexity index is 556. The molecule has 0 aliphatic heterocycles. The summed E-state index contributed by atoms with van der Waals surface area (Å²) in [6.45, 7) is 4.23. The molecule has 0 atom stereocenters. The standard InChI is InChI=1S/C14H24N2O3S/c1-11-9-13(15)10-14(12(11)2)20(18,19)16(3)7-5-4-6-8-17/h9-10,17H,4-8,15H2,1-3H3. The van der Waals surface area contributed by atoms with E-state index < -0.39 is 10.0 Å². The van der Waals surface area contributed by atoms with Crippen LogP contribution in [0.4, 0.5) is 5.69 Å². The third kappa shape index (κ3) is 3.94. The Hall–Kier alpha value is -1.11. The summed E-state index contributed by atoms with van der Waals surface area (Å²) in [7, 11) is -1.94. The lowest BCUT2D eigenvalue weighted by Crippen LogP contribution is -2.28. The van der Waals surface area contributed by atoms with Crippen LogP contribution in [0.5, 0.6) is 0 Å².